The van der Waals surface area contributed by atoms with E-state index in [0.717, 1.165) is 16.3 Å². The predicted molar refractivity (Wildman–Crippen MR) is 136 cm³/mol. The van der Waals surface area contributed by atoms with E-state index in [2.05, 4.69) is 20.8 Å². The molecule has 8 nitrogen and oxygen atoms in total. The Bertz CT molecular complexity index is 1300. The van der Waals surface area contributed by atoms with Crippen LogP contribution in [0.2, 0.25) is 0 Å². The van der Waals surface area contributed by atoms with Crippen molar-refractivity contribution in [2.45, 2.75) is 12.1 Å². The zero-order valence-electron chi connectivity index (χ0n) is 18.9. The van der Waals surface area contributed by atoms with Gasteiger partial charge in [0.1, 0.15) is 5.75 Å². The van der Waals surface area contributed by atoms with Crippen molar-refractivity contribution in [2.75, 3.05) is 23.5 Å². The SMILES string of the molecule is COc1ccc(C(=O)Nc2ccc(C)c(NC(=O)CSc3nnc(-c4cccs4)n3C)c2)cc1. The van der Waals surface area contributed by atoms with Crippen LogP contribution >= 0.6 is 23.1 Å². The molecule has 4 aromatic rings. The number of amides is 2. The fourth-order valence-corrected chi connectivity index (χ4v) is 4.61. The number of nitrogens with one attached hydrogen (secondary N) is 2. The summed E-state index contributed by atoms with van der Waals surface area (Å²) in [5.41, 5.74) is 2.62. The summed E-state index contributed by atoms with van der Waals surface area (Å²) < 4.78 is 7.00. The summed E-state index contributed by atoms with van der Waals surface area (Å²) in [7, 11) is 3.46. The standard InChI is InChI=1S/C24H23N5O3S2/c1-15-6-9-17(25-23(31)16-7-10-18(32-3)11-8-16)13-19(15)26-21(30)14-34-24-28-27-22(29(24)2)20-5-4-12-33-20/h4-13H,14H2,1-3H3,(H,25,31)(H,26,30). The second-order valence-corrected chi connectivity index (χ2v) is 9.28. The Morgan fingerprint density at radius 1 is 1.09 bits per heavy atom. The van der Waals surface area contributed by atoms with Gasteiger partial charge >= 0.3 is 0 Å². The van der Waals surface area contributed by atoms with Gasteiger partial charge in [-0.3, -0.25) is 9.59 Å². The maximum atomic E-state index is 12.6. The minimum absolute atomic E-state index is 0.174. The minimum Gasteiger partial charge on any atom is -0.497 e. The predicted octanol–water partition coefficient (Wildman–Crippen LogP) is 4.84. The number of hydrogen-bond donors (Lipinski definition) is 2. The van der Waals surface area contributed by atoms with Gasteiger partial charge in [-0.15, -0.1) is 21.5 Å². The van der Waals surface area contributed by atoms with Crippen LogP contribution in [0.3, 0.4) is 0 Å². The van der Waals surface area contributed by atoms with E-state index in [1.165, 1.54) is 11.8 Å². The molecule has 10 heteroatoms. The molecule has 0 radical (unpaired) electrons. The highest BCUT2D eigenvalue weighted by atomic mass is 32.2. The lowest BCUT2D eigenvalue weighted by Crippen LogP contribution is -2.16. The van der Waals surface area contributed by atoms with Crippen LogP contribution in [0.5, 0.6) is 5.75 Å². The lowest BCUT2D eigenvalue weighted by molar-refractivity contribution is -0.113. The zero-order chi connectivity index (χ0) is 24.1. The van der Waals surface area contributed by atoms with E-state index in [-0.39, 0.29) is 17.6 Å². The van der Waals surface area contributed by atoms with Crippen LogP contribution in [0, 0.1) is 6.92 Å². The quantitative estimate of drug-likeness (QED) is 0.341. The number of benzene rings is 2. The van der Waals surface area contributed by atoms with Crippen molar-refractivity contribution in [1.29, 1.82) is 0 Å². The second-order valence-electron chi connectivity index (χ2n) is 7.39. The largest absolute Gasteiger partial charge is 0.497 e. The Morgan fingerprint density at radius 2 is 1.88 bits per heavy atom. The number of carbonyl (C=O) groups excluding carboxylic acids is 2. The zero-order valence-corrected chi connectivity index (χ0v) is 20.5. The van der Waals surface area contributed by atoms with Gasteiger partial charge in [-0.25, -0.2) is 0 Å². The van der Waals surface area contributed by atoms with Crippen LogP contribution in [0.1, 0.15) is 15.9 Å². The first kappa shape index (κ1) is 23.5. The van der Waals surface area contributed by atoms with Gasteiger partial charge in [0.2, 0.25) is 5.91 Å². The molecular formula is C24H23N5O3S2. The third kappa shape index (κ3) is 5.46. The van der Waals surface area contributed by atoms with Crippen LogP contribution in [0.15, 0.2) is 65.1 Å². The van der Waals surface area contributed by atoms with E-state index in [4.69, 9.17) is 4.74 Å². The van der Waals surface area contributed by atoms with Crippen molar-refractivity contribution >= 4 is 46.3 Å². The van der Waals surface area contributed by atoms with Gasteiger partial charge in [-0.1, -0.05) is 23.9 Å². The van der Waals surface area contributed by atoms with E-state index in [9.17, 15) is 9.59 Å². The summed E-state index contributed by atoms with van der Waals surface area (Å²) in [5.74, 6) is 1.21. The summed E-state index contributed by atoms with van der Waals surface area (Å²) in [5, 5.41) is 16.9. The van der Waals surface area contributed by atoms with E-state index in [1.54, 1.807) is 54.8 Å². The van der Waals surface area contributed by atoms with Gasteiger partial charge in [0.25, 0.3) is 5.91 Å². The van der Waals surface area contributed by atoms with Crippen molar-refractivity contribution in [1.82, 2.24) is 14.8 Å². The average molecular weight is 494 g/mol. The molecule has 0 aliphatic carbocycles. The number of aromatic nitrogens is 3. The molecule has 0 saturated heterocycles. The molecule has 174 valence electrons. The topological polar surface area (TPSA) is 98.1 Å². The van der Waals surface area contributed by atoms with E-state index in [0.29, 0.717) is 27.8 Å². The number of thioether (sulfide) groups is 1. The van der Waals surface area contributed by atoms with Gasteiger partial charge in [-0.2, -0.15) is 0 Å². The van der Waals surface area contributed by atoms with E-state index >= 15 is 0 Å². The lowest BCUT2D eigenvalue weighted by Gasteiger charge is -2.12. The smallest absolute Gasteiger partial charge is 0.255 e. The summed E-state index contributed by atoms with van der Waals surface area (Å²) in [6, 6.07) is 16.2. The number of thiophene rings is 1. The van der Waals surface area contributed by atoms with E-state index < -0.39 is 0 Å². The number of nitrogens with zero attached hydrogens (tertiary/aromatic N) is 3. The highest BCUT2D eigenvalue weighted by Crippen LogP contribution is 2.26. The minimum atomic E-state index is -0.247. The van der Waals surface area contributed by atoms with Crippen LogP contribution in [0.25, 0.3) is 10.7 Å². The molecule has 0 bridgehead atoms. The molecule has 0 spiro atoms. The Morgan fingerprint density at radius 3 is 2.59 bits per heavy atom. The highest BCUT2D eigenvalue weighted by molar-refractivity contribution is 7.99. The Balaban J connectivity index is 1.37. The number of methoxy groups -OCH3 is 1. The van der Waals surface area contributed by atoms with Crippen molar-refractivity contribution in [2.24, 2.45) is 7.05 Å². The molecule has 0 unspecified atom stereocenters. The van der Waals surface area contributed by atoms with Gasteiger partial charge in [0.15, 0.2) is 11.0 Å². The molecule has 0 atom stereocenters. The fourth-order valence-electron chi connectivity index (χ4n) is 3.16. The molecule has 34 heavy (non-hydrogen) atoms. The first-order chi connectivity index (χ1) is 16.4. The van der Waals surface area contributed by atoms with Crippen molar-refractivity contribution < 1.29 is 14.3 Å². The molecule has 0 saturated carbocycles. The third-order valence-corrected chi connectivity index (χ3v) is 6.92. The molecule has 2 aromatic carbocycles. The number of aryl methyl sites for hydroxylation is 1. The number of hydrogen-bond acceptors (Lipinski definition) is 7. The van der Waals surface area contributed by atoms with Gasteiger partial charge < -0.3 is 19.9 Å². The van der Waals surface area contributed by atoms with E-state index in [1.807, 2.05) is 42.1 Å². The van der Waals surface area contributed by atoms with Crippen LogP contribution in [0.4, 0.5) is 11.4 Å². The molecular weight excluding hydrogens is 470 g/mol. The third-order valence-electron chi connectivity index (χ3n) is 5.03. The fraction of sp³-hybridized carbons (Fsp3) is 0.167. The Labute approximate surface area is 205 Å². The van der Waals surface area contributed by atoms with Crippen LogP contribution < -0.4 is 15.4 Å². The summed E-state index contributed by atoms with van der Waals surface area (Å²) in [4.78, 5) is 26.2. The first-order valence-corrected chi connectivity index (χ1v) is 12.2. The van der Waals surface area contributed by atoms with Crippen LogP contribution in [-0.2, 0) is 11.8 Å². The summed E-state index contributed by atoms with van der Waals surface area (Å²) >= 11 is 2.90. The summed E-state index contributed by atoms with van der Waals surface area (Å²) in [6.45, 7) is 1.90. The second kappa shape index (κ2) is 10.5. The van der Waals surface area contributed by atoms with Crippen molar-refractivity contribution in [3.63, 3.8) is 0 Å². The molecule has 0 fully saturated rings. The lowest BCUT2D eigenvalue weighted by atomic mass is 10.1. The number of ether oxygens (including phenoxy) is 1. The van der Waals surface area contributed by atoms with Gasteiger partial charge in [0.05, 0.1) is 17.7 Å². The van der Waals surface area contributed by atoms with Gasteiger partial charge in [-0.05, 0) is 60.3 Å². The molecule has 2 heterocycles. The monoisotopic (exact) mass is 493 g/mol. The normalized spacial score (nSPS) is 10.7. The maximum absolute atomic E-state index is 12.6. The molecule has 4 rings (SSSR count). The van der Waals surface area contributed by atoms with Gasteiger partial charge in [0, 0.05) is 24.0 Å². The van der Waals surface area contributed by atoms with Crippen LogP contribution in [-0.4, -0.2) is 39.4 Å². The number of anilines is 2. The summed E-state index contributed by atoms with van der Waals surface area (Å²) in [6.07, 6.45) is 0. The average Bonchev–Trinajstić information content (AvgIpc) is 3.49. The Kier molecular flexibility index (Phi) is 7.29. The molecule has 0 aliphatic rings. The maximum Gasteiger partial charge on any atom is 0.255 e. The molecule has 2 N–H and O–H groups in total. The highest BCUT2D eigenvalue weighted by Gasteiger charge is 2.14. The molecule has 2 amide bonds. The first-order valence-electron chi connectivity index (χ1n) is 10.4. The molecule has 0 aliphatic heterocycles. The van der Waals surface area contributed by atoms with Crippen molar-refractivity contribution in [3.8, 4) is 16.5 Å². The van der Waals surface area contributed by atoms with Crippen molar-refractivity contribution in [3.05, 3.63) is 71.1 Å². The number of carbonyl (C=O) groups is 2. The Hall–Kier alpha value is -3.63. The number of rotatable bonds is 8. The molecule has 2 aromatic heterocycles.